The van der Waals surface area contributed by atoms with Crippen molar-refractivity contribution in [3.05, 3.63) is 65.0 Å². The second-order valence-electron chi connectivity index (χ2n) is 9.69. The Labute approximate surface area is 213 Å². The first-order valence-electron chi connectivity index (χ1n) is 12.4. The van der Waals surface area contributed by atoms with Crippen molar-refractivity contribution in [2.24, 2.45) is 0 Å². The minimum atomic E-state index is -3.82. The quantitative estimate of drug-likeness (QED) is 0.543. The van der Waals surface area contributed by atoms with Crippen molar-refractivity contribution in [1.29, 1.82) is 0 Å². The zero-order valence-corrected chi connectivity index (χ0v) is 22.3. The predicted octanol–water partition coefficient (Wildman–Crippen LogP) is 4.07. The molecular formula is C27H36FN3O4S. The zero-order valence-electron chi connectivity index (χ0n) is 21.5. The van der Waals surface area contributed by atoms with Crippen LogP contribution < -0.4 is 9.62 Å². The SMILES string of the molecule is Cc1ccc(C)c(N(CC(=O)N(Cc2ccccc2F)[C@@H](C)C(=O)NC2CCCCC2)S(C)(=O)=O)c1. The monoisotopic (exact) mass is 517 g/mol. The summed E-state index contributed by atoms with van der Waals surface area (Å²) in [6.07, 6.45) is 6.02. The number of hydrogen-bond donors (Lipinski definition) is 1. The van der Waals surface area contributed by atoms with E-state index in [0.29, 0.717) is 11.3 Å². The Bertz CT molecular complexity index is 1200. The highest BCUT2D eigenvalue weighted by Crippen LogP contribution is 2.25. The van der Waals surface area contributed by atoms with Gasteiger partial charge in [-0.3, -0.25) is 13.9 Å². The summed E-state index contributed by atoms with van der Waals surface area (Å²) in [7, 11) is -3.82. The standard InChI is InChI=1S/C27H36FN3O4S/c1-19-14-15-20(2)25(16-19)31(36(4,34)35)18-26(32)30(17-22-10-8-9-13-24(22)28)21(3)27(33)29-23-11-6-5-7-12-23/h8-10,13-16,21,23H,5-7,11-12,17-18H2,1-4H3,(H,29,33)/t21-/m0/s1. The van der Waals surface area contributed by atoms with E-state index in [1.165, 1.54) is 11.0 Å². The molecule has 0 radical (unpaired) electrons. The molecule has 2 aromatic rings. The van der Waals surface area contributed by atoms with Crippen LogP contribution in [0.15, 0.2) is 42.5 Å². The molecule has 2 amide bonds. The van der Waals surface area contributed by atoms with Gasteiger partial charge in [0, 0.05) is 18.2 Å². The van der Waals surface area contributed by atoms with Crippen molar-refractivity contribution in [3.8, 4) is 0 Å². The summed E-state index contributed by atoms with van der Waals surface area (Å²) < 4.78 is 41.1. The molecule has 1 aliphatic rings. The molecule has 9 heteroatoms. The summed E-state index contributed by atoms with van der Waals surface area (Å²) in [6.45, 7) is 4.55. The smallest absolute Gasteiger partial charge is 0.244 e. The molecule has 1 saturated carbocycles. The zero-order chi connectivity index (χ0) is 26.5. The van der Waals surface area contributed by atoms with Crippen LogP contribution in [0.25, 0.3) is 0 Å². The Morgan fingerprint density at radius 1 is 1.08 bits per heavy atom. The molecule has 0 bridgehead atoms. The van der Waals surface area contributed by atoms with E-state index in [-0.39, 0.29) is 24.1 Å². The van der Waals surface area contributed by atoms with Crippen LogP contribution >= 0.6 is 0 Å². The first-order valence-corrected chi connectivity index (χ1v) is 14.2. The van der Waals surface area contributed by atoms with Crippen LogP contribution in [-0.2, 0) is 26.2 Å². The predicted molar refractivity (Wildman–Crippen MR) is 140 cm³/mol. The Hall–Kier alpha value is -2.94. The topological polar surface area (TPSA) is 86.8 Å². The number of nitrogens with one attached hydrogen (secondary N) is 1. The van der Waals surface area contributed by atoms with E-state index >= 15 is 0 Å². The van der Waals surface area contributed by atoms with Crippen molar-refractivity contribution in [1.82, 2.24) is 10.2 Å². The Morgan fingerprint density at radius 2 is 1.75 bits per heavy atom. The van der Waals surface area contributed by atoms with Gasteiger partial charge in [-0.1, -0.05) is 49.6 Å². The largest absolute Gasteiger partial charge is 0.352 e. The lowest BCUT2D eigenvalue weighted by molar-refractivity contribution is -0.139. The Kier molecular flexibility index (Phi) is 9.11. The molecule has 7 nitrogen and oxygen atoms in total. The molecule has 1 aliphatic carbocycles. The molecule has 1 atom stereocenters. The maximum atomic E-state index is 14.5. The lowest BCUT2D eigenvalue weighted by Crippen LogP contribution is -2.53. The Morgan fingerprint density at radius 3 is 2.39 bits per heavy atom. The van der Waals surface area contributed by atoms with E-state index in [4.69, 9.17) is 0 Å². The number of sulfonamides is 1. The van der Waals surface area contributed by atoms with Gasteiger partial charge >= 0.3 is 0 Å². The summed E-state index contributed by atoms with van der Waals surface area (Å²) in [5, 5.41) is 3.03. The number of benzene rings is 2. The third kappa shape index (κ3) is 7.06. The third-order valence-corrected chi connectivity index (χ3v) is 7.86. The highest BCUT2D eigenvalue weighted by Gasteiger charge is 2.32. The number of carbonyl (C=O) groups is 2. The summed E-state index contributed by atoms with van der Waals surface area (Å²) in [4.78, 5) is 28.1. The van der Waals surface area contributed by atoms with Crippen LogP contribution in [0.2, 0.25) is 0 Å². The van der Waals surface area contributed by atoms with Gasteiger partial charge in [0.15, 0.2) is 0 Å². The molecule has 0 aromatic heterocycles. The van der Waals surface area contributed by atoms with E-state index in [1.807, 2.05) is 13.0 Å². The summed E-state index contributed by atoms with van der Waals surface area (Å²) in [6, 6.07) is 10.6. The van der Waals surface area contributed by atoms with Crippen LogP contribution in [0.1, 0.15) is 55.7 Å². The number of amides is 2. The van der Waals surface area contributed by atoms with Gasteiger partial charge in [0.2, 0.25) is 21.8 Å². The van der Waals surface area contributed by atoms with E-state index in [2.05, 4.69) is 5.32 Å². The molecule has 3 rings (SSSR count). The van der Waals surface area contributed by atoms with Gasteiger partial charge in [0.25, 0.3) is 0 Å². The summed E-state index contributed by atoms with van der Waals surface area (Å²) in [5.74, 6) is -1.41. The van der Waals surface area contributed by atoms with Gasteiger partial charge in [-0.2, -0.15) is 0 Å². The van der Waals surface area contributed by atoms with E-state index in [1.54, 1.807) is 44.2 Å². The number of aryl methyl sites for hydroxylation is 2. The maximum absolute atomic E-state index is 14.5. The molecule has 0 saturated heterocycles. The molecule has 1 fully saturated rings. The normalized spacial score (nSPS) is 15.2. The van der Waals surface area contributed by atoms with E-state index in [0.717, 1.165) is 48.2 Å². The second kappa shape index (κ2) is 11.9. The van der Waals surface area contributed by atoms with Gasteiger partial charge in [0.05, 0.1) is 11.9 Å². The number of nitrogens with zero attached hydrogens (tertiary/aromatic N) is 2. The van der Waals surface area contributed by atoms with Gasteiger partial charge < -0.3 is 10.2 Å². The van der Waals surface area contributed by atoms with Crippen molar-refractivity contribution < 1.29 is 22.4 Å². The fourth-order valence-corrected chi connectivity index (χ4v) is 5.44. The maximum Gasteiger partial charge on any atom is 0.244 e. The van der Waals surface area contributed by atoms with Crippen LogP contribution in [0.5, 0.6) is 0 Å². The van der Waals surface area contributed by atoms with Gasteiger partial charge in [-0.15, -0.1) is 0 Å². The minimum Gasteiger partial charge on any atom is -0.352 e. The van der Waals surface area contributed by atoms with Crippen molar-refractivity contribution >= 4 is 27.5 Å². The molecule has 1 N–H and O–H groups in total. The molecular weight excluding hydrogens is 481 g/mol. The van der Waals surface area contributed by atoms with Crippen molar-refractivity contribution in [2.45, 2.75) is 71.5 Å². The number of rotatable bonds is 9. The molecule has 0 aliphatic heterocycles. The Balaban J connectivity index is 1.91. The molecule has 36 heavy (non-hydrogen) atoms. The van der Waals surface area contributed by atoms with Crippen LogP contribution in [0, 0.1) is 19.7 Å². The number of hydrogen-bond acceptors (Lipinski definition) is 4. The average molecular weight is 518 g/mol. The summed E-state index contributed by atoms with van der Waals surface area (Å²) >= 11 is 0. The number of anilines is 1. The summed E-state index contributed by atoms with van der Waals surface area (Å²) in [5.41, 5.74) is 2.19. The number of halogens is 1. The molecule has 0 heterocycles. The van der Waals surface area contributed by atoms with Crippen molar-refractivity contribution in [2.75, 3.05) is 17.1 Å². The first kappa shape index (κ1) is 27.6. The van der Waals surface area contributed by atoms with Gasteiger partial charge in [-0.25, -0.2) is 12.8 Å². The highest BCUT2D eigenvalue weighted by atomic mass is 32.2. The molecule has 196 valence electrons. The van der Waals surface area contributed by atoms with Crippen LogP contribution in [0.3, 0.4) is 0 Å². The van der Waals surface area contributed by atoms with Crippen LogP contribution in [-0.4, -0.2) is 50.0 Å². The fraction of sp³-hybridized carbons (Fsp3) is 0.481. The fourth-order valence-electron chi connectivity index (χ4n) is 4.54. The van der Waals surface area contributed by atoms with E-state index in [9.17, 15) is 22.4 Å². The van der Waals surface area contributed by atoms with Crippen LogP contribution in [0.4, 0.5) is 10.1 Å². The highest BCUT2D eigenvalue weighted by molar-refractivity contribution is 7.92. The number of carbonyl (C=O) groups excluding carboxylic acids is 2. The lowest BCUT2D eigenvalue weighted by Gasteiger charge is -2.33. The molecule has 0 spiro atoms. The van der Waals surface area contributed by atoms with Gasteiger partial charge in [0.1, 0.15) is 18.4 Å². The molecule has 2 aromatic carbocycles. The van der Waals surface area contributed by atoms with E-state index < -0.39 is 34.3 Å². The van der Waals surface area contributed by atoms with Crippen molar-refractivity contribution in [3.63, 3.8) is 0 Å². The first-order chi connectivity index (χ1) is 17.0. The third-order valence-electron chi connectivity index (χ3n) is 6.73. The second-order valence-corrected chi connectivity index (χ2v) is 11.6. The van der Waals surface area contributed by atoms with Gasteiger partial charge in [-0.05, 0) is 56.9 Å². The molecule has 0 unspecified atom stereocenters. The minimum absolute atomic E-state index is 0.0431. The lowest BCUT2D eigenvalue weighted by atomic mass is 9.95. The average Bonchev–Trinajstić information content (AvgIpc) is 2.83.